The quantitative estimate of drug-likeness (QED) is 0.788. The summed E-state index contributed by atoms with van der Waals surface area (Å²) >= 11 is 0. The summed E-state index contributed by atoms with van der Waals surface area (Å²) in [5, 5.41) is 12.1. The van der Waals surface area contributed by atoms with Crippen molar-refractivity contribution in [3.05, 3.63) is 0 Å². The van der Waals surface area contributed by atoms with E-state index in [4.69, 9.17) is 4.74 Å². The topological polar surface area (TPSA) is 95.9 Å². The van der Waals surface area contributed by atoms with Crippen LogP contribution in [0.1, 0.15) is 33.6 Å². The average Bonchev–Trinajstić information content (AvgIpc) is 2.33. The van der Waals surface area contributed by atoms with Crippen LogP contribution in [0.4, 0.5) is 4.79 Å². The normalized spacial score (nSPS) is 20.0. The fraction of sp³-hybridized carbons (Fsp3) is 0.923. The largest absolute Gasteiger partial charge is 0.444 e. The van der Waals surface area contributed by atoms with Crippen LogP contribution < -0.4 is 5.32 Å². The summed E-state index contributed by atoms with van der Waals surface area (Å²) in [7, 11) is -3.17. The predicted octanol–water partition coefficient (Wildman–Crippen LogP) is 0.544. The van der Waals surface area contributed by atoms with Gasteiger partial charge in [-0.05, 0) is 39.5 Å². The first-order valence-electron chi connectivity index (χ1n) is 7.08. The van der Waals surface area contributed by atoms with Gasteiger partial charge in [0.2, 0.25) is 10.0 Å². The SMILES string of the molecule is CC(C)(C)OC(=O)NC(CO)C1CCN(S(C)(=O)=O)CC1. The van der Waals surface area contributed by atoms with E-state index in [0.29, 0.717) is 25.9 Å². The minimum Gasteiger partial charge on any atom is -0.444 e. The first-order valence-corrected chi connectivity index (χ1v) is 8.93. The van der Waals surface area contributed by atoms with Crippen LogP contribution in [0.3, 0.4) is 0 Å². The molecule has 2 N–H and O–H groups in total. The summed E-state index contributed by atoms with van der Waals surface area (Å²) in [6.45, 7) is 5.94. The average molecular weight is 322 g/mol. The van der Waals surface area contributed by atoms with Crippen molar-refractivity contribution in [1.29, 1.82) is 0 Å². The fourth-order valence-electron chi connectivity index (χ4n) is 2.38. The van der Waals surface area contributed by atoms with E-state index >= 15 is 0 Å². The molecule has 1 heterocycles. The molecule has 1 rings (SSSR count). The lowest BCUT2D eigenvalue weighted by molar-refractivity contribution is 0.0435. The molecule has 1 atom stereocenters. The van der Waals surface area contributed by atoms with Crippen molar-refractivity contribution in [3.8, 4) is 0 Å². The van der Waals surface area contributed by atoms with Crippen LogP contribution in [0.25, 0.3) is 0 Å². The van der Waals surface area contributed by atoms with Crippen molar-refractivity contribution in [1.82, 2.24) is 9.62 Å². The van der Waals surface area contributed by atoms with Gasteiger partial charge < -0.3 is 15.2 Å². The van der Waals surface area contributed by atoms with E-state index in [0.717, 1.165) is 0 Å². The Balaban J connectivity index is 2.53. The number of nitrogens with one attached hydrogen (secondary N) is 1. The summed E-state index contributed by atoms with van der Waals surface area (Å²) < 4.78 is 29.5. The van der Waals surface area contributed by atoms with Gasteiger partial charge in [-0.1, -0.05) is 0 Å². The van der Waals surface area contributed by atoms with Crippen molar-refractivity contribution in [3.63, 3.8) is 0 Å². The van der Waals surface area contributed by atoms with Crippen molar-refractivity contribution >= 4 is 16.1 Å². The van der Waals surface area contributed by atoms with Gasteiger partial charge in [-0.3, -0.25) is 0 Å². The highest BCUT2D eigenvalue weighted by Crippen LogP contribution is 2.22. The number of sulfonamides is 1. The van der Waals surface area contributed by atoms with E-state index in [2.05, 4.69) is 5.32 Å². The van der Waals surface area contributed by atoms with Crippen molar-refractivity contribution in [2.24, 2.45) is 5.92 Å². The monoisotopic (exact) mass is 322 g/mol. The van der Waals surface area contributed by atoms with Crippen LogP contribution in [0.5, 0.6) is 0 Å². The van der Waals surface area contributed by atoms with Gasteiger partial charge >= 0.3 is 6.09 Å². The molecule has 0 radical (unpaired) electrons. The Morgan fingerprint density at radius 2 is 1.90 bits per heavy atom. The second kappa shape index (κ2) is 6.93. The number of carbonyl (C=O) groups excluding carboxylic acids is 1. The Morgan fingerprint density at radius 3 is 2.29 bits per heavy atom. The lowest BCUT2D eigenvalue weighted by atomic mass is 9.90. The smallest absolute Gasteiger partial charge is 0.407 e. The Labute approximate surface area is 126 Å². The Kier molecular flexibility index (Phi) is 6.01. The molecule has 0 aliphatic carbocycles. The maximum absolute atomic E-state index is 11.7. The zero-order valence-corrected chi connectivity index (χ0v) is 13.9. The van der Waals surface area contributed by atoms with E-state index < -0.39 is 27.8 Å². The summed E-state index contributed by atoms with van der Waals surface area (Å²) in [5.41, 5.74) is -0.594. The maximum Gasteiger partial charge on any atom is 0.407 e. The zero-order chi connectivity index (χ0) is 16.3. The predicted molar refractivity (Wildman–Crippen MR) is 79.4 cm³/mol. The number of aliphatic hydroxyl groups is 1. The minimum atomic E-state index is -3.17. The van der Waals surface area contributed by atoms with Gasteiger partial charge in [0.1, 0.15) is 5.60 Å². The van der Waals surface area contributed by atoms with E-state index in [1.165, 1.54) is 10.6 Å². The number of rotatable bonds is 4. The van der Waals surface area contributed by atoms with Crippen LogP contribution in [0.15, 0.2) is 0 Å². The van der Waals surface area contributed by atoms with Crippen LogP contribution in [-0.2, 0) is 14.8 Å². The third kappa shape index (κ3) is 6.19. The Morgan fingerprint density at radius 1 is 1.38 bits per heavy atom. The van der Waals surface area contributed by atoms with Gasteiger partial charge in [0.15, 0.2) is 0 Å². The van der Waals surface area contributed by atoms with E-state index in [9.17, 15) is 18.3 Å². The molecule has 1 saturated heterocycles. The summed E-state index contributed by atoms with van der Waals surface area (Å²) in [6.07, 6.45) is 1.84. The van der Waals surface area contributed by atoms with Gasteiger partial charge in [0.25, 0.3) is 0 Å². The third-order valence-corrected chi connectivity index (χ3v) is 4.74. The number of ether oxygens (including phenoxy) is 1. The van der Waals surface area contributed by atoms with Crippen molar-refractivity contribution in [2.75, 3.05) is 26.0 Å². The molecule has 124 valence electrons. The number of amides is 1. The van der Waals surface area contributed by atoms with Gasteiger partial charge in [-0.15, -0.1) is 0 Å². The molecule has 1 unspecified atom stereocenters. The first-order chi connectivity index (χ1) is 9.53. The maximum atomic E-state index is 11.7. The number of piperidine rings is 1. The van der Waals surface area contributed by atoms with E-state index in [-0.39, 0.29) is 12.5 Å². The first kappa shape index (κ1) is 18.2. The molecule has 0 aromatic carbocycles. The molecule has 1 aliphatic rings. The van der Waals surface area contributed by atoms with Crippen LogP contribution >= 0.6 is 0 Å². The number of carbonyl (C=O) groups is 1. The summed E-state index contributed by atoms with van der Waals surface area (Å²) in [5.74, 6) is 0.0421. The highest BCUT2D eigenvalue weighted by Gasteiger charge is 2.31. The Bertz CT molecular complexity index is 450. The number of hydrogen-bond acceptors (Lipinski definition) is 5. The lowest BCUT2D eigenvalue weighted by Gasteiger charge is -2.34. The van der Waals surface area contributed by atoms with Crippen molar-refractivity contribution < 1.29 is 23.1 Å². The van der Waals surface area contributed by atoms with Gasteiger partial charge in [-0.2, -0.15) is 0 Å². The minimum absolute atomic E-state index is 0.0421. The molecule has 7 nitrogen and oxygen atoms in total. The van der Waals surface area contributed by atoms with Gasteiger partial charge in [-0.25, -0.2) is 17.5 Å². The molecule has 0 spiro atoms. The van der Waals surface area contributed by atoms with Crippen molar-refractivity contribution in [2.45, 2.75) is 45.3 Å². The van der Waals surface area contributed by atoms with Crippen LogP contribution in [0, 0.1) is 5.92 Å². The molecule has 0 aromatic heterocycles. The molecule has 21 heavy (non-hydrogen) atoms. The molecule has 8 heteroatoms. The second-order valence-electron chi connectivity index (χ2n) is 6.43. The molecule has 0 saturated carbocycles. The molecule has 1 aliphatic heterocycles. The fourth-order valence-corrected chi connectivity index (χ4v) is 3.26. The zero-order valence-electron chi connectivity index (χ0n) is 13.1. The molecule has 0 aromatic rings. The van der Waals surface area contributed by atoms with Crippen LogP contribution in [0.2, 0.25) is 0 Å². The molecule has 0 bridgehead atoms. The van der Waals surface area contributed by atoms with Crippen LogP contribution in [-0.4, -0.2) is 61.5 Å². The second-order valence-corrected chi connectivity index (χ2v) is 8.42. The molecule has 1 fully saturated rings. The third-order valence-electron chi connectivity index (χ3n) is 3.44. The molecular formula is C13H26N2O5S. The number of aliphatic hydroxyl groups excluding tert-OH is 1. The highest BCUT2D eigenvalue weighted by molar-refractivity contribution is 7.88. The lowest BCUT2D eigenvalue weighted by Crippen LogP contribution is -2.49. The standard InChI is InChI=1S/C13H26N2O5S/c1-13(2,3)20-12(17)14-11(9-16)10-5-7-15(8-6-10)21(4,18)19/h10-11,16H,5-9H2,1-4H3,(H,14,17). The Hall–Kier alpha value is -0.860. The van der Waals surface area contributed by atoms with Gasteiger partial charge in [0, 0.05) is 13.1 Å². The molecule has 1 amide bonds. The van der Waals surface area contributed by atoms with E-state index in [1.54, 1.807) is 20.8 Å². The molecular weight excluding hydrogens is 296 g/mol. The summed E-state index contributed by atoms with van der Waals surface area (Å²) in [6, 6.07) is -0.415. The number of nitrogens with zero attached hydrogens (tertiary/aromatic N) is 1. The summed E-state index contributed by atoms with van der Waals surface area (Å²) in [4.78, 5) is 11.7. The highest BCUT2D eigenvalue weighted by atomic mass is 32.2. The number of alkyl carbamates (subject to hydrolysis) is 1. The van der Waals surface area contributed by atoms with E-state index in [1.807, 2.05) is 0 Å². The van der Waals surface area contributed by atoms with Gasteiger partial charge in [0.05, 0.1) is 18.9 Å². The number of hydrogen-bond donors (Lipinski definition) is 2.